The van der Waals surface area contributed by atoms with Crippen molar-refractivity contribution in [3.8, 4) is 5.75 Å². The number of esters is 1. The molecule has 0 radical (unpaired) electrons. The predicted octanol–water partition coefficient (Wildman–Crippen LogP) is 0.880. The van der Waals surface area contributed by atoms with Gasteiger partial charge in [-0.15, -0.1) is 0 Å². The van der Waals surface area contributed by atoms with Crippen molar-refractivity contribution in [1.82, 2.24) is 9.38 Å². The van der Waals surface area contributed by atoms with Crippen LogP contribution in [0.1, 0.15) is 17.3 Å². The molecule has 18 heavy (non-hydrogen) atoms. The van der Waals surface area contributed by atoms with Gasteiger partial charge in [-0.2, -0.15) is 0 Å². The van der Waals surface area contributed by atoms with Crippen LogP contribution in [0, 0.1) is 0 Å². The second-order valence-corrected chi connectivity index (χ2v) is 3.47. The zero-order valence-electron chi connectivity index (χ0n) is 10.0. The van der Waals surface area contributed by atoms with E-state index in [0.717, 1.165) is 0 Å². The van der Waals surface area contributed by atoms with Crippen molar-refractivity contribution in [2.75, 3.05) is 13.7 Å². The second-order valence-electron chi connectivity index (χ2n) is 3.47. The van der Waals surface area contributed by atoms with Crippen molar-refractivity contribution in [3.05, 3.63) is 40.4 Å². The Hall–Kier alpha value is -2.37. The minimum Gasteiger partial charge on any atom is -0.493 e. The van der Waals surface area contributed by atoms with E-state index in [-0.39, 0.29) is 12.2 Å². The Morgan fingerprint density at radius 3 is 2.94 bits per heavy atom. The molecule has 0 amide bonds. The lowest BCUT2D eigenvalue weighted by atomic mass is 10.3. The molecule has 0 atom stereocenters. The summed E-state index contributed by atoms with van der Waals surface area (Å²) in [7, 11) is 1.49. The van der Waals surface area contributed by atoms with E-state index in [0.29, 0.717) is 11.4 Å². The van der Waals surface area contributed by atoms with E-state index < -0.39 is 11.5 Å². The Morgan fingerprint density at radius 1 is 1.50 bits per heavy atom. The highest BCUT2D eigenvalue weighted by Gasteiger charge is 2.15. The molecule has 2 aromatic heterocycles. The van der Waals surface area contributed by atoms with Crippen molar-refractivity contribution in [2.24, 2.45) is 0 Å². The minimum absolute atomic E-state index is 0.0948. The lowest BCUT2D eigenvalue weighted by Gasteiger charge is -2.06. The van der Waals surface area contributed by atoms with Gasteiger partial charge in [0.25, 0.3) is 5.56 Å². The van der Waals surface area contributed by atoms with Crippen LogP contribution in [-0.4, -0.2) is 29.1 Å². The van der Waals surface area contributed by atoms with Gasteiger partial charge in [0.15, 0.2) is 11.4 Å². The molecule has 0 aliphatic heterocycles. The smallest absolute Gasteiger partial charge is 0.345 e. The molecule has 0 saturated carbocycles. The maximum atomic E-state index is 12.1. The summed E-state index contributed by atoms with van der Waals surface area (Å²) < 4.78 is 11.1. The third-order valence-corrected chi connectivity index (χ3v) is 2.41. The van der Waals surface area contributed by atoms with Gasteiger partial charge >= 0.3 is 5.97 Å². The number of nitrogens with zero attached hydrogens (tertiary/aromatic N) is 2. The molecular formula is C12H12N2O4. The third-order valence-electron chi connectivity index (χ3n) is 2.41. The highest BCUT2D eigenvalue weighted by Crippen LogP contribution is 2.14. The van der Waals surface area contributed by atoms with Crippen LogP contribution in [0.4, 0.5) is 0 Å². The summed E-state index contributed by atoms with van der Waals surface area (Å²) in [4.78, 5) is 27.7. The fraction of sp³-hybridized carbons (Fsp3) is 0.250. The van der Waals surface area contributed by atoms with Crippen LogP contribution in [-0.2, 0) is 4.74 Å². The average Bonchev–Trinajstić information content (AvgIpc) is 2.39. The zero-order chi connectivity index (χ0) is 13.1. The Labute approximate surface area is 103 Å². The molecule has 2 aromatic rings. The first-order chi connectivity index (χ1) is 8.69. The molecule has 6 nitrogen and oxygen atoms in total. The van der Waals surface area contributed by atoms with Crippen LogP contribution in [0.5, 0.6) is 5.75 Å². The second kappa shape index (κ2) is 4.87. The van der Waals surface area contributed by atoms with E-state index in [2.05, 4.69) is 4.98 Å². The molecule has 0 spiro atoms. The van der Waals surface area contributed by atoms with E-state index in [4.69, 9.17) is 9.47 Å². The molecule has 0 unspecified atom stereocenters. The van der Waals surface area contributed by atoms with E-state index in [9.17, 15) is 9.59 Å². The topological polar surface area (TPSA) is 69.9 Å². The van der Waals surface area contributed by atoms with Crippen LogP contribution >= 0.6 is 0 Å². The maximum Gasteiger partial charge on any atom is 0.345 e. The number of methoxy groups -OCH3 is 1. The summed E-state index contributed by atoms with van der Waals surface area (Å²) in [6.07, 6.45) is 2.73. The van der Waals surface area contributed by atoms with Gasteiger partial charge in [-0.3, -0.25) is 9.20 Å². The molecule has 0 aliphatic rings. The van der Waals surface area contributed by atoms with Crippen LogP contribution in [0.2, 0.25) is 0 Å². The third kappa shape index (κ3) is 1.92. The standard InChI is InChI=1S/C12H12N2O4/c1-3-18-12(16)8-7-13-10-9(17-2)5-4-6-14(10)11(8)15/h4-7H,3H2,1-2H3. The molecule has 0 aromatic carbocycles. The molecule has 2 rings (SSSR count). The van der Waals surface area contributed by atoms with Crippen molar-refractivity contribution >= 4 is 11.6 Å². The van der Waals surface area contributed by atoms with Gasteiger partial charge in [0, 0.05) is 12.4 Å². The monoisotopic (exact) mass is 248 g/mol. The van der Waals surface area contributed by atoms with Crippen LogP contribution in [0.25, 0.3) is 5.65 Å². The highest BCUT2D eigenvalue weighted by atomic mass is 16.5. The Bertz CT molecular complexity index is 648. The largest absolute Gasteiger partial charge is 0.493 e. The first kappa shape index (κ1) is 12.1. The van der Waals surface area contributed by atoms with Crippen LogP contribution in [0.3, 0.4) is 0 Å². The van der Waals surface area contributed by atoms with Crippen LogP contribution < -0.4 is 10.3 Å². The van der Waals surface area contributed by atoms with Gasteiger partial charge in [0.05, 0.1) is 13.7 Å². The maximum absolute atomic E-state index is 12.1. The summed E-state index contributed by atoms with van der Waals surface area (Å²) >= 11 is 0. The van der Waals surface area contributed by atoms with E-state index in [1.165, 1.54) is 23.9 Å². The minimum atomic E-state index is -0.674. The van der Waals surface area contributed by atoms with Crippen molar-refractivity contribution in [3.63, 3.8) is 0 Å². The molecule has 0 N–H and O–H groups in total. The van der Waals surface area contributed by atoms with E-state index >= 15 is 0 Å². The molecule has 0 fully saturated rings. The summed E-state index contributed by atoms with van der Waals surface area (Å²) in [5.41, 5.74) is -0.210. The summed E-state index contributed by atoms with van der Waals surface area (Å²) in [6, 6.07) is 3.33. The van der Waals surface area contributed by atoms with E-state index in [1.807, 2.05) is 0 Å². The fourth-order valence-electron chi connectivity index (χ4n) is 1.59. The van der Waals surface area contributed by atoms with Crippen molar-refractivity contribution in [2.45, 2.75) is 6.92 Å². The summed E-state index contributed by atoms with van der Waals surface area (Å²) in [5, 5.41) is 0. The first-order valence-corrected chi connectivity index (χ1v) is 5.40. The summed E-state index contributed by atoms with van der Waals surface area (Å²) in [5.74, 6) is -0.211. The van der Waals surface area contributed by atoms with Crippen molar-refractivity contribution in [1.29, 1.82) is 0 Å². The predicted molar refractivity (Wildman–Crippen MR) is 64.0 cm³/mol. The van der Waals surface area contributed by atoms with Gasteiger partial charge in [-0.1, -0.05) is 0 Å². The van der Waals surface area contributed by atoms with E-state index in [1.54, 1.807) is 19.1 Å². The first-order valence-electron chi connectivity index (χ1n) is 5.40. The van der Waals surface area contributed by atoms with Gasteiger partial charge in [0.2, 0.25) is 0 Å². The molecule has 2 heterocycles. The number of carbonyl (C=O) groups excluding carboxylic acids is 1. The fourth-order valence-corrected chi connectivity index (χ4v) is 1.59. The number of hydrogen-bond acceptors (Lipinski definition) is 5. The zero-order valence-corrected chi connectivity index (χ0v) is 10.0. The number of rotatable bonds is 3. The normalized spacial score (nSPS) is 10.3. The number of carbonyl (C=O) groups is 1. The number of fused-ring (bicyclic) bond motifs is 1. The lowest BCUT2D eigenvalue weighted by Crippen LogP contribution is -2.24. The summed E-state index contributed by atoms with van der Waals surface area (Å²) in [6.45, 7) is 1.88. The number of hydrogen-bond donors (Lipinski definition) is 0. The van der Waals surface area contributed by atoms with Crippen molar-refractivity contribution < 1.29 is 14.3 Å². The molecular weight excluding hydrogens is 236 g/mol. The molecule has 0 bridgehead atoms. The van der Waals surface area contributed by atoms with Gasteiger partial charge in [-0.05, 0) is 19.1 Å². The Kier molecular flexibility index (Phi) is 3.27. The Morgan fingerprint density at radius 2 is 2.28 bits per heavy atom. The van der Waals surface area contributed by atoms with Crippen LogP contribution in [0.15, 0.2) is 29.3 Å². The Balaban J connectivity index is 2.65. The SMILES string of the molecule is CCOC(=O)c1cnc2c(OC)cccn2c1=O. The molecule has 94 valence electrons. The average molecular weight is 248 g/mol. The quantitative estimate of drug-likeness (QED) is 0.754. The van der Waals surface area contributed by atoms with Gasteiger partial charge in [0.1, 0.15) is 5.56 Å². The number of pyridine rings is 1. The molecule has 0 aliphatic carbocycles. The van der Waals surface area contributed by atoms with Gasteiger partial charge in [-0.25, -0.2) is 9.78 Å². The molecule has 0 saturated heterocycles. The number of aromatic nitrogens is 2. The molecule has 6 heteroatoms. The number of ether oxygens (including phenoxy) is 2. The highest BCUT2D eigenvalue weighted by molar-refractivity contribution is 5.88. The van der Waals surface area contributed by atoms with Gasteiger partial charge < -0.3 is 9.47 Å². The lowest BCUT2D eigenvalue weighted by molar-refractivity contribution is 0.0523.